The van der Waals surface area contributed by atoms with Crippen LogP contribution in [-0.4, -0.2) is 64.9 Å². The van der Waals surface area contributed by atoms with Gasteiger partial charge in [-0.3, -0.25) is 0 Å². The number of ether oxygens (including phenoxy) is 2. The van der Waals surface area contributed by atoms with E-state index in [2.05, 4.69) is 0 Å². The summed E-state index contributed by atoms with van der Waals surface area (Å²) in [5.41, 5.74) is 0. The molecule has 0 saturated carbocycles. The molecule has 0 bridgehead atoms. The highest BCUT2D eigenvalue weighted by Gasteiger charge is 2.49. The summed E-state index contributed by atoms with van der Waals surface area (Å²) in [5.74, 6) is -1.28. The number of aliphatic hydroxyl groups excluding tert-OH is 2. The van der Waals surface area contributed by atoms with Crippen LogP contribution in [0.2, 0.25) is 0 Å². The fourth-order valence-corrected chi connectivity index (χ4v) is 1.99. The summed E-state index contributed by atoms with van der Waals surface area (Å²) in [5, 5.41) is 28.4. The molecule has 1 rings (SSSR count). The second-order valence-electron chi connectivity index (χ2n) is 3.43. The maximum absolute atomic E-state index is 11.0. The molecule has 0 radical (unpaired) electrons. The Labute approximate surface area is 103 Å². The average Bonchev–Trinajstić information content (AvgIpc) is 2.28. The normalized spacial score (nSPS) is 38.0. The molecule has 0 aromatic rings. The van der Waals surface area contributed by atoms with E-state index in [9.17, 15) is 15.0 Å². The third-order valence-corrected chi connectivity index (χ3v) is 2.74. The van der Waals surface area contributed by atoms with E-state index in [-0.39, 0.29) is 6.61 Å². The lowest BCUT2D eigenvalue weighted by Gasteiger charge is -2.39. The molecule has 0 spiro atoms. The zero-order valence-corrected chi connectivity index (χ0v) is 10.3. The maximum Gasteiger partial charge on any atom is 0.335 e. The fourth-order valence-electron chi connectivity index (χ4n) is 1.56. The predicted octanol–water partition coefficient (Wildman–Crippen LogP) is -0.783. The van der Waals surface area contributed by atoms with Crippen LogP contribution in [0.15, 0.2) is 0 Å². The van der Waals surface area contributed by atoms with E-state index in [1.54, 1.807) is 13.2 Å². The Morgan fingerprint density at radius 1 is 1.41 bits per heavy atom. The second-order valence-corrected chi connectivity index (χ2v) is 3.95. The number of carboxylic acid groups (broad SMARTS) is 1. The van der Waals surface area contributed by atoms with Crippen LogP contribution in [0.3, 0.4) is 0 Å². The number of hydrogen-bond acceptors (Lipinski definition) is 7. The zero-order valence-electron chi connectivity index (χ0n) is 9.48. The Morgan fingerprint density at radius 2 is 2.06 bits per heavy atom. The van der Waals surface area contributed by atoms with Crippen molar-refractivity contribution in [3.8, 4) is 0 Å². The molecule has 8 heteroatoms. The molecular formula is C9H16O7S. The molecule has 5 atom stereocenters. The van der Waals surface area contributed by atoms with Crippen LogP contribution in [0.4, 0.5) is 0 Å². The Kier molecular flexibility index (Phi) is 5.63. The number of carboxylic acids is 1. The van der Waals surface area contributed by atoms with Gasteiger partial charge in [0.1, 0.15) is 18.3 Å². The van der Waals surface area contributed by atoms with Gasteiger partial charge < -0.3 is 29.0 Å². The zero-order chi connectivity index (χ0) is 13.0. The van der Waals surface area contributed by atoms with Gasteiger partial charge in [0.25, 0.3) is 0 Å². The molecule has 0 aliphatic carbocycles. The first-order chi connectivity index (χ1) is 8.02. The highest BCUT2D eigenvalue weighted by molar-refractivity contribution is 7.93. The molecule has 100 valence electrons. The van der Waals surface area contributed by atoms with Crippen LogP contribution in [0.1, 0.15) is 6.92 Å². The van der Waals surface area contributed by atoms with Crippen LogP contribution in [0, 0.1) is 0 Å². The lowest BCUT2D eigenvalue weighted by molar-refractivity contribution is -0.287. The smallest absolute Gasteiger partial charge is 0.335 e. The summed E-state index contributed by atoms with van der Waals surface area (Å²) in [6.45, 7) is 1.90. The number of aliphatic hydroxyl groups is 2. The van der Waals surface area contributed by atoms with Gasteiger partial charge in [-0.2, -0.15) is 0 Å². The van der Waals surface area contributed by atoms with Crippen LogP contribution >= 0.6 is 12.0 Å². The third kappa shape index (κ3) is 3.30. The SMILES string of the molecule is CCO[C@@H]1OC(C(=O)O)[C@@H](OSC)C(O)C1O. The largest absolute Gasteiger partial charge is 0.479 e. The van der Waals surface area contributed by atoms with Crippen LogP contribution in [0.5, 0.6) is 0 Å². The van der Waals surface area contributed by atoms with Gasteiger partial charge in [0, 0.05) is 12.9 Å². The summed E-state index contributed by atoms with van der Waals surface area (Å²) in [4.78, 5) is 11.0. The van der Waals surface area contributed by atoms with Gasteiger partial charge in [-0.05, 0) is 19.0 Å². The molecule has 0 aromatic heterocycles. The fraction of sp³-hybridized carbons (Fsp3) is 0.889. The molecular weight excluding hydrogens is 252 g/mol. The van der Waals surface area contributed by atoms with Gasteiger partial charge in [-0.1, -0.05) is 0 Å². The molecule has 17 heavy (non-hydrogen) atoms. The lowest BCUT2D eigenvalue weighted by atomic mass is 9.99. The van der Waals surface area contributed by atoms with E-state index in [4.69, 9.17) is 18.8 Å². The predicted molar refractivity (Wildman–Crippen MR) is 58.3 cm³/mol. The first-order valence-corrected chi connectivity index (χ1v) is 6.23. The Hall–Kier alpha value is -0.380. The summed E-state index contributed by atoms with van der Waals surface area (Å²) in [7, 11) is 0. The van der Waals surface area contributed by atoms with E-state index in [1.807, 2.05) is 0 Å². The van der Waals surface area contributed by atoms with Crippen molar-refractivity contribution in [2.75, 3.05) is 12.9 Å². The molecule has 1 saturated heterocycles. The molecule has 1 aliphatic heterocycles. The molecule has 3 unspecified atom stereocenters. The van der Waals surface area contributed by atoms with Crippen molar-refractivity contribution in [2.45, 2.75) is 37.6 Å². The molecule has 1 aliphatic rings. The summed E-state index contributed by atoms with van der Waals surface area (Å²) >= 11 is 0.894. The minimum atomic E-state index is -1.38. The van der Waals surface area contributed by atoms with Crippen LogP contribution < -0.4 is 0 Å². The van der Waals surface area contributed by atoms with Crippen LogP contribution in [0.25, 0.3) is 0 Å². The molecule has 1 fully saturated rings. The maximum atomic E-state index is 11.0. The van der Waals surface area contributed by atoms with Crippen molar-refractivity contribution < 1.29 is 33.8 Å². The van der Waals surface area contributed by atoms with Crippen molar-refractivity contribution in [3.05, 3.63) is 0 Å². The third-order valence-electron chi connectivity index (χ3n) is 2.33. The quantitative estimate of drug-likeness (QED) is 0.557. The summed E-state index contributed by atoms with van der Waals surface area (Å²) in [6.07, 6.45) is -4.84. The first-order valence-electron chi connectivity index (χ1n) is 5.08. The van der Waals surface area contributed by atoms with E-state index in [1.165, 1.54) is 0 Å². The van der Waals surface area contributed by atoms with Crippen molar-refractivity contribution in [1.82, 2.24) is 0 Å². The van der Waals surface area contributed by atoms with Crippen molar-refractivity contribution >= 4 is 18.0 Å². The van der Waals surface area contributed by atoms with Gasteiger partial charge in [0.05, 0.1) is 0 Å². The van der Waals surface area contributed by atoms with Gasteiger partial charge in [-0.15, -0.1) is 0 Å². The second kappa shape index (κ2) is 6.53. The minimum Gasteiger partial charge on any atom is -0.479 e. The monoisotopic (exact) mass is 268 g/mol. The van der Waals surface area contributed by atoms with Gasteiger partial charge >= 0.3 is 5.97 Å². The van der Waals surface area contributed by atoms with E-state index in [0.717, 1.165) is 12.0 Å². The Balaban J connectivity index is 2.81. The van der Waals surface area contributed by atoms with Gasteiger partial charge in [0.2, 0.25) is 0 Å². The van der Waals surface area contributed by atoms with Gasteiger partial charge in [0.15, 0.2) is 12.4 Å². The number of rotatable bonds is 5. The van der Waals surface area contributed by atoms with E-state index in [0.29, 0.717) is 0 Å². The van der Waals surface area contributed by atoms with Gasteiger partial charge in [-0.25, -0.2) is 4.79 Å². The minimum absolute atomic E-state index is 0.231. The highest BCUT2D eigenvalue weighted by atomic mass is 32.2. The topological polar surface area (TPSA) is 105 Å². The molecule has 3 N–H and O–H groups in total. The Morgan fingerprint density at radius 3 is 2.53 bits per heavy atom. The lowest BCUT2D eigenvalue weighted by Crippen LogP contribution is -2.60. The molecule has 0 amide bonds. The van der Waals surface area contributed by atoms with Crippen molar-refractivity contribution in [1.29, 1.82) is 0 Å². The average molecular weight is 268 g/mol. The molecule has 7 nitrogen and oxygen atoms in total. The van der Waals surface area contributed by atoms with E-state index < -0.39 is 36.7 Å². The van der Waals surface area contributed by atoms with Crippen molar-refractivity contribution in [3.63, 3.8) is 0 Å². The summed E-state index contributed by atoms with van der Waals surface area (Å²) in [6, 6.07) is 0. The van der Waals surface area contributed by atoms with Crippen LogP contribution in [-0.2, 0) is 18.5 Å². The van der Waals surface area contributed by atoms with E-state index >= 15 is 0 Å². The summed E-state index contributed by atoms with van der Waals surface area (Å²) < 4.78 is 15.1. The highest BCUT2D eigenvalue weighted by Crippen LogP contribution is 2.26. The molecule has 1 heterocycles. The standard InChI is InChI=1S/C9H16O7S/c1-3-14-9-5(11)4(10)6(16-17-2)7(15-9)8(12)13/h4-7,9-11H,3H2,1-2H3,(H,12,13)/t4?,5?,6-,7?,9+/m0/s1. The number of aliphatic carboxylic acids is 1. The molecule has 0 aromatic carbocycles. The Bertz CT molecular complexity index is 262. The number of hydrogen-bond donors (Lipinski definition) is 3. The first kappa shape index (κ1) is 14.7. The number of carbonyl (C=O) groups is 1. The van der Waals surface area contributed by atoms with Crippen molar-refractivity contribution in [2.24, 2.45) is 0 Å².